The van der Waals surface area contributed by atoms with E-state index in [-0.39, 0.29) is 17.6 Å². The van der Waals surface area contributed by atoms with Gasteiger partial charge < -0.3 is 19.5 Å². The Morgan fingerprint density at radius 3 is 2.86 bits per heavy atom. The monoisotopic (exact) mass is 305 g/mol. The lowest BCUT2D eigenvalue weighted by Gasteiger charge is -2.45. The quantitative estimate of drug-likeness (QED) is 0.906. The number of amides is 1. The van der Waals surface area contributed by atoms with E-state index in [0.717, 1.165) is 12.8 Å². The molecule has 1 unspecified atom stereocenters. The van der Waals surface area contributed by atoms with Gasteiger partial charge in [0, 0.05) is 31.7 Å². The number of benzene rings is 1. The fraction of sp³-hybridized carbons (Fsp3) is 0.588. The van der Waals surface area contributed by atoms with Crippen LogP contribution in [-0.4, -0.2) is 54.4 Å². The van der Waals surface area contributed by atoms with Gasteiger partial charge in [0.2, 0.25) is 0 Å². The van der Waals surface area contributed by atoms with Gasteiger partial charge >= 0.3 is 0 Å². The molecule has 1 spiro atoms. The van der Waals surface area contributed by atoms with Gasteiger partial charge in [-0.3, -0.25) is 4.79 Å². The maximum absolute atomic E-state index is 12.6. The van der Waals surface area contributed by atoms with Crippen LogP contribution in [0, 0.1) is 0 Å². The maximum atomic E-state index is 12.6. The Labute approximate surface area is 130 Å². The molecular formula is C17H23NO4. The van der Waals surface area contributed by atoms with Crippen molar-refractivity contribution in [3.05, 3.63) is 29.8 Å². The highest BCUT2D eigenvalue weighted by atomic mass is 16.5. The number of nitrogens with zero attached hydrogens (tertiary/aromatic N) is 1. The lowest BCUT2D eigenvalue weighted by molar-refractivity contribution is -0.139. The summed E-state index contributed by atoms with van der Waals surface area (Å²) >= 11 is 0. The van der Waals surface area contributed by atoms with E-state index < -0.39 is 0 Å². The largest absolute Gasteiger partial charge is 0.497 e. The van der Waals surface area contributed by atoms with Crippen LogP contribution in [0.5, 0.6) is 5.75 Å². The molecule has 1 aromatic rings. The second-order valence-electron chi connectivity index (χ2n) is 6.20. The molecule has 0 saturated carbocycles. The SMILES string of the molecule is COc1cccc(C(=O)N2CCC3(CC2)CC(O)CCO3)c1. The van der Waals surface area contributed by atoms with Crippen molar-refractivity contribution in [2.24, 2.45) is 0 Å². The van der Waals surface area contributed by atoms with Crippen LogP contribution in [0.15, 0.2) is 24.3 Å². The van der Waals surface area contributed by atoms with Crippen LogP contribution in [0.3, 0.4) is 0 Å². The summed E-state index contributed by atoms with van der Waals surface area (Å²) in [5.74, 6) is 0.725. The summed E-state index contributed by atoms with van der Waals surface area (Å²) in [4.78, 5) is 14.4. The molecule has 2 saturated heterocycles. The van der Waals surface area contributed by atoms with Crippen LogP contribution in [0.4, 0.5) is 0 Å². The molecule has 0 bridgehead atoms. The summed E-state index contributed by atoms with van der Waals surface area (Å²) in [5.41, 5.74) is 0.419. The van der Waals surface area contributed by atoms with Crippen LogP contribution >= 0.6 is 0 Å². The van der Waals surface area contributed by atoms with E-state index in [1.807, 2.05) is 23.1 Å². The molecule has 2 fully saturated rings. The van der Waals surface area contributed by atoms with Crippen LogP contribution in [0.1, 0.15) is 36.0 Å². The number of carbonyl (C=O) groups is 1. The molecule has 1 N–H and O–H groups in total. The molecule has 1 aromatic carbocycles. The van der Waals surface area contributed by atoms with Crippen LogP contribution in [0.25, 0.3) is 0 Å². The van der Waals surface area contributed by atoms with E-state index in [1.54, 1.807) is 13.2 Å². The zero-order valence-electron chi connectivity index (χ0n) is 13.0. The summed E-state index contributed by atoms with van der Waals surface area (Å²) in [5, 5.41) is 9.86. The van der Waals surface area contributed by atoms with Crippen LogP contribution < -0.4 is 4.74 Å². The second kappa shape index (κ2) is 6.26. The first-order chi connectivity index (χ1) is 10.6. The van der Waals surface area contributed by atoms with Crippen molar-refractivity contribution in [1.29, 1.82) is 0 Å². The van der Waals surface area contributed by atoms with Gasteiger partial charge in [-0.05, 0) is 37.5 Å². The number of aliphatic hydroxyl groups excluding tert-OH is 1. The first-order valence-electron chi connectivity index (χ1n) is 7.87. The van der Waals surface area contributed by atoms with E-state index in [1.165, 1.54) is 0 Å². The number of aliphatic hydroxyl groups is 1. The van der Waals surface area contributed by atoms with Crippen molar-refractivity contribution in [3.63, 3.8) is 0 Å². The van der Waals surface area contributed by atoms with Gasteiger partial charge in [0.15, 0.2) is 0 Å². The van der Waals surface area contributed by atoms with E-state index in [4.69, 9.17) is 9.47 Å². The van der Waals surface area contributed by atoms with E-state index in [0.29, 0.717) is 43.9 Å². The molecule has 0 radical (unpaired) electrons. The second-order valence-corrected chi connectivity index (χ2v) is 6.20. The number of methoxy groups -OCH3 is 1. The maximum Gasteiger partial charge on any atom is 0.253 e. The van der Waals surface area contributed by atoms with Crippen molar-refractivity contribution in [1.82, 2.24) is 4.90 Å². The number of hydrogen-bond acceptors (Lipinski definition) is 4. The standard InChI is InChI=1S/C17H23NO4/c1-21-15-4-2-3-13(11-15)16(20)18-8-6-17(7-9-18)12-14(19)5-10-22-17/h2-4,11,14,19H,5-10,12H2,1H3. The molecule has 3 rings (SSSR count). The van der Waals surface area contributed by atoms with Gasteiger partial charge in [-0.1, -0.05) is 6.07 Å². The average Bonchev–Trinajstić information content (AvgIpc) is 2.55. The highest BCUT2D eigenvalue weighted by Crippen LogP contribution is 2.35. The van der Waals surface area contributed by atoms with Gasteiger partial charge in [-0.2, -0.15) is 0 Å². The predicted molar refractivity (Wildman–Crippen MR) is 82.1 cm³/mol. The Kier molecular flexibility index (Phi) is 4.36. The average molecular weight is 305 g/mol. The molecular weight excluding hydrogens is 282 g/mol. The Balaban J connectivity index is 1.64. The van der Waals surface area contributed by atoms with Gasteiger partial charge in [0.25, 0.3) is 5.91 Å². The summed E-state index contributed by atoms with van der Waals surface area (Å²) in [6.45, 7) is 1.95. The van der Waals surface area contributed by atoms with Gasteiger partial charge in [0.05, 0.1) is 18.8 Å². The summed E-state index contributed by atoms with van der Waals surface area (Å²) < 4.78 is 11.1. The molecule has 2 aliphatic rings. The molecule has 0 aliphatic carbocycles. The molecule has 2 heterocycles. The molecule has 5 heteroatoms. The zero-order valence-corrected chi connectivity index (χ0v) is 13.0. The summed E-state index contributed by atoms with van der Waals surface area (Å²) in [7, 11) is 1.60. The zero-order chi connectivity index (χ0) is 15.6. The Bertz CT molecular complexity index is 537. The van der Waals surface area contributed by atoms with Gasteiger partial charge in [-0.15, -0.1) is 0 Å². The van der Waals surface area contributed by atoms with Crippen molar-refractivity contribution >= 4 is 5.91 Å². The Morgan fingerprint density at radius 2 is 2.18 bits per heavy atom. The minimum Gasteiger partial charge on any atom is -0.497 e. The Hall–Kier alpha value is -1.59. The Morgan fingerprint density at radius 1 is 1.41 bits per heavy atom. The molecule has 0 aromatic heterocycles. The molecule has 22 heavy (non-hydrogen) atoms. The van der Waals surface area contributed by atoms with Crippen molar-refractivity contribution in [3.8, 4) is 5.75 Å². The van der Waals surface area contributed by atoms with Gasteiger partial charge in [0.1, 0.15) is 5.75 Å². The lowest BCUT2D eigenvalue weighted by Crippen LogP contribution is -2.51. The normalized spacial score (nSPS) is 24.3. The van der Waals surface area contributed by atoms with Crippen molar-refractivity contribution in [2.45, 2.75) is 37.4 Å². The summed E-state index contributed by atoms with van der Waals surface area (Å²) in [6.07, 6.45) is 2.72. The molecule has 5 nitrogen and oxygen atoms in total. The third-order valence-corrected chi connectivity index (χ3v) is 4.75. The minimum absolute atomic E-state index is 0.0325. The number of likely N-dealkylation sites (tertiary alicyclic amines) is 1. The molecule has 2 aliphatic heterocycles. The fourth-order valence-corrected chi connectivity index (χ4v) is 3.41. The number of piperidine rings is 1. The van der Waals surface area contributed by atoms with E-state index in [9.17, 15) is 9.90 Å². The first-order valence-corrected chi connectivity index (χ1v) is 7.87. The summed E-state index contributed by atoms with van der Waals surface area (Å²) in [6, 6.07) is 7.25. The molecule has 1 atom stereocenters. The van der Waals surface area contributed by atoms with E-state index in [2.05, 4.69) is 0 Å². The minimum atomic E-state index is -0.269. The number of ether oxygens (including phenoxy) is 2. The topological polar surface area (TPSA) is 59.0 Å². The van der Waals surface area contributed by atoms with Crippen LogP contribution in [-0.2, 0) is 4.74 Å². The molecule has 120 valence electrons. The molecule has 1 amide bonds. The highest BCUT2D eigenvalue weighted by Gasteiger charge is 2.40. The first kappa shape index (κ1) is 15.3. The van der Waals surface area contributed by atoms with Crippen molar-refractivity contribution < 1.29 is 19.4 Å². The highest BCUT2D eigenvalue weighted by molar-refractivity contribution is 5.94. The third-order valence-electron chi connectivity index (χ3n) is 4.75. The van der Waals surface area contributed by atoms with Crippen molar-refractivity contribution in [2.75, 3.05) is 26.8 Å². The lowest BCUT2D eigenvalue weighted by atomic mass is 9.83. The number of rotatable bonds is 2. The fourth-order valence-electron chi connectivity index (χ4n) is 3.41. The van der Waals surface area contributed by atoms with Gasteiger partial charge in [-0.25, -0.2) is 0 Å². The predicted octanol–water partition coefficient (Wildman–Crippen LogP) is 1.84. The third kappa shape index (κ3) is 3.10. The number of hydrogen-bond donors (Lipinski definition) is 1. The number of carbonyl (C=O) groups excluding carboxylic acids is 1. The van der Waals surface area contributed by atoms with Crippen LogP contribution in [0.2, 0.25) is 0 Å². The smallest absolute Gasteiger partial charge is 0.253 e. The van der Waals surface area contributed by atoms with E-state index >= 15 is 0 Å².